The van der Waals surface area contributed by atoms with Gasteiger partial charge in [0.05, 0.1) is 0 Å². The van der Waals surface area contributed by atoms with Crippen molar-refractivity contribution in [1.82, 2.24) is 4.90 Å². The highest BCUT2D eigenvalue weighted by Crippen LogP contribution is 2.24. The van der Waals surface area contributed by atoms with Gasteiger partial charge in [-0.2, -0.15) is 0 Å². The molecule has 1 aliphatic rings. The summed E-state index contributed by atoms with van der Waals surface area (Å²) in [5.41, 5.74) is 1.20. The second-order valence-electron chi connectivity index (χ2n) is 5.33. The lowest BCUT2D eigenvalue weighted by molar-refractivity contribution is 0.228. The first kappa shape index (κ1) is 12.6. The van der Waals surface area contributed by atoms with Crippen LogP contribution in [0.5, 0.6) is 0 Å². The van der Waals surface area contributed by atoms with Crippen molar-refractivity contribution >= 4 is 0 Å². The first-order chi connectivity index (χ1) is 8.24. The van der Waals surface area contributed by atoms with Crippen LogP contribution >= 0.6 is 0 Å². The standard InChI is InChI=1S/C15H22FN/c1-17(11-13-5-3-2-4-6-13)12-14-7-9-15(16)10-8-14/h7-10,13H,2-6,11-12H2,1H3. The second-order valence-corrected chi connectivity index (χ2v) is 5.33. The predicted molar refractivity (Wildman–Crippen MR) is 69.3 cm³/mol. The summed E-state index contributed by atoms with van der Waals surface area (Å²) in [5.74, 6) is 0.720. The van der Waals surface area contributed by atoms with Crippen LogP contribution in [0.25, 0.3) is 0 Å². The lowest BCUT2D eigenvalue weighted by atomic mass is 9.89. The molecule has 94 valence electrons. The summed E-state index contributed by atoms with van der Waals surface area (Å²) in [6.07, 6.45) is 6.98. The van der Waals surface area contributed by atoms with Crippen LogP contribution in [-0.2, 0) is 6.54 Å². The molecule has 1 aliphatic carbocycles. The third kappa shape index (κ3) is 4.12. The van der Waals surface area contributed by atoms with Crippen LogP contribution in [-0.4, -0.2) is 18.5 Å². The molecule has 0 N–H and O–H groups in total. The Bertz CT molecular complexity index is 327. The molecule has 1 saturated carbocycles. The Balaban J connectivity index is 1.79. The minimum atomic E-state index is -0.149. The minimum absolute atomic E-state index is 0.149. The van der Waals surface area contributed by atoms with E-state index in [1.807, 2.05) is 12.1 Å². The number of benzene rings is 1. The van der Waals surface area contributed by atoms with Crippen LogP contribution < -0.4 is 0 Å². The molecule has 0 heterocycles. The maximum absolute atomic E-state index is 12.8. The smallest absolute Gasteiger partial charge is 0.123 e. The zero-order valence-electron chi connectivity index (χ0n) is 10.7. The van der Waals surface area contributed by atoms with Crippen LogP contribution in [0, 0.1) is 11.7 Å². The first-order valence-corrected chi connectivity index (χ1v) is 6.67. The fourth-order valence-corrected chi connectivity index (χ4v) is 2.78. The normalized spacial score (nSPS) is 17.6. The van der Waals surface area contributed by atoms with Crippen LogP contribution in [0.3, 0.4) is 0 Å². The van der Waals surface area contributed by atoms with Gasteiger partial charge in [0.25, 0.3) is 0 Å². The van der Waals surface area contributed by atoms with Gasteiger partial charge in [-0.25, -0.2) is 4.39 Å². The molecule has 2 rings (SSSR count). The minimum Gasteiger partial charge on any atom is -0.302 e. The highest BCUT2D eigenvalue weighted by atomic mass is 19.1. The summed E-state index contributed by atoms with van der Waals surface area (Å²) in [6, 6.07) is 6.85. The van der Waals surface area contributed by atoms with E-state index in [0.29, 0.717) is 0 Å². The SMILES string of the molecule is CN(Cc1ccc(F)cc1)CC1CCCCC1. The zero-order valence-corrected chi connectivity index (χ0v) is 10.7. The van der Waals surface area contributed by atoms with E-state index in [1.165, 1.54) is 44.2 Å². The second kappa shape index (κ2) is 6.15. The fourth-order valence-electron chi connectivity index (χ4n) is 2.78. The van der Waals surface area contributed by atoms with E-state index in [-0.39, 0.29) is 5.82 Å². The van der Waals surface area contributed by atoms with Crippen molar-refractivity contribution < 1.29 is 4.39 Å². The van der Waals surface area contributed by atoms with E-state index in [1.54, 1.807) is 12.1 Å². The molecule has 0 amide bonds. The van der Waals surface area contributed by atoms with Crippen LogP contribution in [0.4, 0.5) is 4.39 Å². The fraction of sp³-hybridized carbons (Fsp3) is 0.600. The van der Waals surface area contributed by atoms with Crippen molar-refractivity contribution in [1.29, 1.82) is 0 Å². The van der Waals surface area contributed by atoms with Crippen LogP contribution in [0.1, 0.15) is 37.7 Å². The molecule has 1 aromatic carbocycles. The Hall–Kier alpha value is -0.890. The summed E-state index contributed by atoms with van der Waals surface area (Å²) in [5, 5.41) is 0. The lowest BCUT2D eigenvalue weighted by Gasteiger charge is -2.27. The third-order valence-corrected chi connectivity index (χ3v) is 3.66. The first-order valence-electron chi connectivity index (χ1n) is 6.67. The zero-order chi connectivity index (χ0) is 12.1. The van der Waals surface area contributed by atoms with Crippen molar-refractivity contribution in [3.8, 4) is 0 Å². The van der Waals surface area contributed by atoms with Crippen molar-refractivity contribution in [2.45, 2.75) is 38.6 Å². The van der Waals surface area contributed by atoms with E-state index >= 15 is 0 Å². The van der Waals surface area contributed by atoms with Crippen LogP contribution in [0.2, 0.25) is 0 Å². The number of rotatable bonds is 4. The molecule has 0 saturated heterocycles. The Kier molecular flexibility index (Phi) is 4.55. The van der Waals surface area contributed by atoms with Gasteiger partial charge in [-0.15, -0.1) is 0 Å². The average molecular weight is 235 g/mol. The average Bonchev–Trinajstić information content (AvgIpc) is 2.33. The van der Waals surface area contributed by atoms with Gasteiger partial charge < -0.3 is 4.90 Å². The van der Waals surface area contributed by atoms with Crippen molar-refractivity contribution in [3.63, 3.8) is 0 Å². The molecule has 1 nitrogen and oxygen atoms in total. The number of halogens is 1. The summed E-state index contributed by atoms with van der Waals surface area (Å²) >= 11 is 0. The van der Waals surface area contributed by atoms with Crippen molar-refractivity contribution in [3.05, 3.63) is 35.6 Å². The Morgan fingerprint density at radius 2 is 1.76 bits per heavy atom. The molecule has 0 radical (unpaired) electrons. The molecule has 1 aromatic rings. The molecule has 1 fully saturated rings. The third-order valence-electron chi connectivity index (χ3n) is 3.66. The molecule has 0 bridgehead atoms. The Morgan fingerprint density at radius 3 is 2.41 bits per heavy atom. The van der Waals surface area contributed by atoms with E-state index in [2.05, 4.69) is 11.9 Å². The molecule has 0 atom stereocenters. The van der Waals surface area contributed by atoms with Gasteiger partial charge in [-0.05, 0) is 43.5 Å². The van der Waals surface area contributed by atoms with Gasteiger partial charge in [0.1, 0.15) is 5.82 Å². The maximum atomic E-state index is 12.8. The summed E-state index contributed by atoms with van der Waals surface area (Å²) in [7, 11) is 2.16. The van der Waals surface area contributed by atoms with Gasteiger partial charge in [0.2, 0.25) is 0 Å². The largest absolute Gasteiger partial charge is 0.302 e. The molecule has 2 heteroatoms. The summed E-state index contributed by atoms with van der Waals surface area (Å²) < 4.78 is 12.8. The van der Waals surface area contributed by atoms with Crippen molar-refractivity contribution in [2.75, 3.05) is 13.6 Å². The quantitative estimate of drug-likeness (QED) is 0.766. The molecular weight excluding hydrogens is 213 g/mol. The Labute approximate surface area is 104 Å². The number of nitrogens with zero attached hydrogens (tertiary/aromatic N) is 1. The van der Waals surface area contributed by atoms with Crippen LogP contribution in [0.15, 0.2) is 24.3 Å². The van der Waals surface area contributed by atoms with Crippen molar-refractivity contribution in [2.24, 2.45) is 5.92 Å². The van der Waals surface area contributed by atoms with Gasteiger partial charge in [-0.1, -0.05) is 31.4 Å². The van der Waals surface area contributed by atoms with Gasteiger partial charge in [-0.3, -0.25) is 0 Å². The Morgan fingerprint density at radius 1 is 1.12 bits per heavy atom. The highest BCUT2D eigenvalue weighted by Gasteiger charge is 2.15. The maximum Gasteiger partial charge on any atom is 0.123 e. The molecule has 0 unspecified atom stereocenters. The monoisotopic (exact) mass is 235 g/mol. The van der Waals surface area contributed by atoms with E-state index in [9.17, 15) is 4.39 Å². The predicted octanol–water partition coefficient (Wildman–Crippen LogP) is 3.84. The highest BCUT2D eigenvalue weighted by molar-refractivity contribution is 5.15. The van der Waals surface area contributed by atoms with Gasteiger partial charge in [0.15, 0.2) is 0 Å². The number of hydrogen-bond donors (Lipinski definition) is 0. The molecular formula is C15H22FN. The lowest BCUT2D eigenvalue weighted by Crippen LogP contribution is -2.26. The van der Waals surface area contributed by atoms with Gasteiger partial charge >= 0.3 is 0 Å². The van der Waals surface area contributed by atoms with E-state index in [4.69, 9.17) is 0 Å². The van der Waals surface area contributed by atoms with Gasteiger partial charge in [0, 0.05) is 13.1 Å². The topological polar surface area (TPSA) is 3.24 Å². The summed E-state index contributed by atoms with van der Waals surface area (Å²) in [6.45, 7) is 2.11. The summed E-state index contributed by atoms with van der Waals surface area (Å²) in [4.78, 5) is 2.36. The van der Waals surface area contributed by atoms with E-state index in [0.717, 1.165) is 12.5 Å². The number of hydrogen-bond acceptors (Lipinski definition) is 1. The molecule has 0 spiro atoms. The molecule has 0 aliphatic heterocycles. The molecule has 17 heavy (non-hydrogen) atoms. The van der Waals surface area contributed by atoms with E-state index < -0.39 is 0 Å². The molecule has 0 aromatic heterocycles.